The van der Waals surface area contributed by atoms with E-state index in [2.05, 4.69) is 35.2 Å². The fourth-order valence-electron chi connectivity index (χ4n) is 4.99. The molecule has 1 saturated carbocycles. The summed E-state index contributed by atoms with van der Waals surface area (Å²) in [5.41, 5.74) is 2.40. The van der Waals surface area contributed by atoms with Crippen LogP contribution in [0.1, 0.15) is 31.2 Å². The number of nitrogens with one attached hydrogen (secondary N) is 1. The third kappa shape index (κ3) is 4.01. The molecule has 2 aromatic rings. The van der Waals surface area contributed by atoms with Gasteiger partial charge in [-0.3, -0.25) is 4.90 Å². The molecule has 1 aromatic carbocycles. The Balaban J connectivity index is 1.56. The van der Waals surface area contributed by atoms with E-state index in [-0.39, 0.29) is 5.54 Å². The van der Waals surface area contributed by atoms with Crippen LogP contribution in [-0.2, 0) is 0 Å². The van der Waals surface area contributed by atoms with Gasteiger partial charge in [0.2, 0.25) is 0 Å². The second-order valence-electron chi connectivity index (χ2n) is 8.62. The molecule has 1 N–H and O–H groups in total. The quantitative estimate of drug-likeness (QED) is 0.803. The highest BCUT2D eigenvalue weighted by atomic mass is 16.5. The fraction of sp³-hybridized carbons (Fsp3) is 0.609. The van der Waals surface area contributed by atoms with Crippen LogP contribution >= 0.6 is 0 Å². The Kier molecular flexibility index (Phi) is 5.83. The average Bonchev–Trinajstić information content (AvgIpc) is 3.22. The number of pyridine rings is 1. The highest BCUT2D eigenvalue weighted by molar-refractivity contribution is 5.87. The second-order valence-corrected chi connectivity index (χ2v) is 8.62. The first-order chi connectivity index (χ1) is 14.0. The van der Waals surface area contributed by atoms with Gasteiger partial charge in [0, 0.05) is 49.7 Å². The first-order valence-corrected chi connectivity index (χ1v) is 10.8. The molecule has 1 saturated heterocycles. The molecule has 6 nitrogen and oxygen atoms in total. The summed E-state index contributed by atoms with van der Waals surface area (Å²) >= 11 is 0. The van der Waals surface area contributed by atoms with Crippen LogP contribution in [0.3, 0.4) is 0 Å². The predicted molar refractivity (Wildman–Crippen MR) is 118 cm³/mol. The topological polar surface area (TPSA) is 49.9 Å². The summed E-state index contributed by atoms with van der Waals surface area (Å²) in [5, 5.41) is 4.80. The molecular weight excluding hydrogens is 364 g/mol. The first kappa shape index (κ1) is 20.2. The van der Waals surface area contributed by atoms with E-state index in [9.17, 15) is 0 Å². The number of nitrogens with zero attached hydrogens (tertiary/aromatic N) is 3. The van der Waals surface area contributed by atoms with Gasteiger partial charge in [0.25, 0.3) is 0 Å². The van der Waals surface area contributed by atoms with Crippen LogP contribution in [0.25, 0.3) is 10.9 Å². The molecule has 0 amide bonds. The number of aryl methyl sites for hydroxylation is 1. The molecule has 2 aliphatic rings. The Bertz CT molecular complexity index is 856. The van der Waals surface area contributed by atoms with E-state index in [0.717, 1.165) is 42.1 Å². The van der Waals surface area contributed by atoms with E-state index >= 15 is 0 Å². The number of ether oxygens (including phenoxy) is 2. The van der Waals surface area contributed by atoms with Crippen LogP contribution in [0, 0.1) is 6.92 Å². The maximum absolute atomic E-state index is 5.47. The van der Waals surface area contributed by atoms with Gasteiger partial charge in [-0.1, -0.05) is 12.8 Å². The molecule has 0 unspecified atom stereocenters. The predicted octanol–water partition coefficient (Wildman–Crippen LogP) is 3.53. The normalized spacial score (nSPS) is 20.1. The molecule has 0 spiro atoms. The summed E-state index contributed by atoms with van der Waals surface area (Å²) in [5.74, 6) is 2.40. The molecule has 2 heterocycles. The Morgan fingerprint density at radius 3 is 2.31 bits per heavy atom. The molecular formula is C23H34N4O2. The first-order valence-electron chi connectivity index (χ1n) is 10.8. The van der Waals surface area contributed by atoms with Gasteiger partial charge in [0.1, 0.15) is 5.82 Å². The standard InChI is InChI=1S/C23H34N4O2/c1-17-13-22(25-19-15-21(29-4)20(28-3)14-18(17)19)24-16-23(7-5-6-8-23)27-11-9-26(2)10-12-27/h13-15H,5-12,16H2,1-4H3,(H,24,25). The molecule has 1 aliphatic heterocycles. The number of piperazine rings is 1. The van der Waals surface area contributed by atoms with Crippen LogP contribution in [0.15, 0.2) is 18.2 Å². The van der Waals surface area contributed by atoms with Gasteiger partial charge in [-0.25, -0.2) is 4.98 Å². The summed E-state index contributed by atoms with van der Waals surface area (Å²) in [4.78, 5) is 10.1. The third-order valence-corrected chi connectivity index (χ3v) is 6.83. The summed E-state index contributed by atoms with van der Waals surface area (Å²) in [6, 6.07) is 6.14. The highest BCUT2D eigenvalue weighted by Crippen LogP contribution is 2.37. The minimum absolute atomic E-state index is 0.267. The van der Waals surface area contributed by atoms with Gasteiger partial charge in [0.05, 0.1) is 19.7 Å². The summed E-state index contributed by atoms with van der Waals surface area (Å²) < 4.78 is 10.9. The number of hydrogen-bond acceptors (Lipinski definition) is 6. The van der Waals surface area contributed by atoms with E-state index in [1.165, 1.54) is 44.3 Å². The number of fused-ring (bicyclic) bond motifs is 1. The number of likely N-dealkylation sites (N-methyl/N-ethyl adjacent to an activating group) is 1. The zero-order chi connectivity index (χ0) is 20.4. The smallest absolute Gasteiger partial charge is 0.162 e. The molecule has 29 heavy (non-hydrogen) atoms. The van der Waals surface area contributed by atoms with Crippen molar-refractivity contribution in [3.05, 3.63) is 23.8 Å². The van der Waals surface area contributed by atoms with E-state index in [0.29, 0.717) is 5.75 Å². The van der Waals surface area contributed by atoms with Gasteiger partial charge in [-0.2, -0.15) is 0 Å². The van der Waals surface area contributed by atoms with Crippen LogP contribution in [0.2, 0.25) is 0 Å². The van der Waals surface area contributed by atoms with Gasteiger partial charge in [0.15, 0.2) is 11.5 Å². The Morgan fingerprint density at radius 1 is 1.00 bits per heavy atom. The largest absolute Gasteiger partial charge is 0.493 e. The van der Waals surface area contributed by atoms with E-state index in [1.807, 2.05) is 12.1 Å². The van der Waals surface area contributed by atoms with Crippen molar-refractivity contribution < 1.29 is 9.47 Å². The van der Waals surface area contributed by atoms with E-state index < -0.39 is 0 Å². The molecule has 158 valence electrons. The molecule has 0 atom stereocenters. The Hall–Kier alpha value is -2.05. The van der Waals surface area contributed by atoms with Crippen molar-refractivity contribution in [2.45, 2.75) is 38.1 Å². The van der Waals surface area contributed by atoms with Crippen LogP contribution in [-0.4, -0.2) is 74.3 Å². The van der Waals surface area contributed by atoms with Crippen molar-refractivity contribution in [1.82, 2.24) is 14.8 Å². The fourth-order valence-corrected chi connectivity index (χ4v) is 4.99. The third-order valence-electron chi connectivity index (χ3n) is 6.83. The highest BCUT2D eigenvalue weighted by Gasteiger charge is 2.40. The van der Waals surface area contributed by atoms with Gasteiger partial charge in [-0.15, -0.1) is 0 Å². The Morgan fingerprint density at radius 2 is 1.66 bits per heavy atom. The number of benzene rings is 1. The van der Waals surface area contributed by atoms with Gasteiger partial charge >= 0.3 is 0 Å². The van der Waals surface area contributed by atoms with Crippen LogP contribution in [0.4, 0.5) is 5.82 Å². The lowest BCUT2D eigenvalue weighted by Crippen LogP contribution is -2.58. The van der Waals surface area contributed by atoms with Gasteiger partial charge < -0.3 is 19.7 Å². The molecule has 6 heteroatoms. The number of hydrogen-bond donors (Lipinski definition) is 1. The molecule has 0 bridgehead atoms. The van der Waals surface area contributed by atoms with Crippen molar-refractivity contribution in [1.29, 1.82) is 0 Å². The van der Waals surface area contributed by atoms with Crippen LogP contribution < -0.4 is 14.8 Å². The van der Waals surface area contributed by atoms with Crippen molar-refractivity contribution in [2.75, 3.05) is 59.3 Å². The average molecular weight is 399 g/mol. The zero-order valence-corrected chi connectivity index (χ0v) is 18.3. The van der Waals surface area contributed by atoms with Crippen molar-refractivity contribution in [3.8, 4) is 11.5 Å². The van der Waals surface area contributed by atoms with Crippen molar-refractivity contribution in [2.24, 2.45) is 0 Å². The minimum Gasteiger partial charge on any atom is -0.493 e. The van der Waals surface area contributed by atoms with Crippen molar-refractivity contribution in [3.63, 3.8) is 0 Å². The van der Waals surface area contributed by atoms with E-state index in [4.69, 9.17) is 14.5 Å². The van der Waals surface area contributed by atoms with E-state index in [1.54, 1.807) is 14.2 Å². The maximum Gasteiger partial charge on any atom is 0.162 e. The second kappa shape index (κ2) is 8.36. The number of rotatable bonds is 6. The molecule has 1 aromatic heterocycles. The number of anilines is 1. The zero-order valence-electron chi connectivity index (χ0n) is 18.3. The molecule has 1 aliphatic carbocycles. The lowest BCUT2D eigenvalue weighted by atomic mass is 9.93. The van der Waals surface area contributed by atoms with Gasteiger partial charge in [-0.05, 0) is 44.5 Å². The minimum atomic E-state index is 0.267. The summed E-state index contributed by atoms with van der Waals surface area (Å²) in [6.07, 6.45) is 5.22. The molecule has 4 rings (SSSR count). The molecule has 2 fully saturated rings. The monoisotopic (exact) mass is 398 g/mol. The molecule has 0 radical (unpaired) electrons. The summed E-state index contributed by atoms with van der Waals surface area (Å²) in [6.45, 7) is 7.75. The number of methoxy groups -OCH3 is 2. The van der Waals surface area contributed by atoms with Crippen molar-refractivity contribution >= 4 is 16.7 Å². The lowest BCUT2D eigenvalue weighted by Gasteiger charge is -2.45. The SMILES string of the molecule is COc1cc2nc(NCC3(N4CCN(C)CC4)CCCC3)cc(C)c2cc1OC. The lowest BCUT2D eigenvalue weighted by molar-refractivity contribution is 0.0510. The summed E-state index contributed by atoms with van der Waals surface area (Å²) in [7, 11) is 5.56. The number of aromatic nitrogens is 1. The Labute approximate surface area is 174 Å². The maximum atomic E-state index is 5.47. The van der Waals surface area contributed by atoms with Crippen LogP contribution in [0.5, 0.6) is 11.5 Å².